The standard InChI is InChI=1S/C15H21N3O4S/c1-12(19)18-9-8-17(23(2,21)22)11-14(18)15(20)16-10-13-6-4-3-5-7-13/h3-7,14H,8-11H2,1-2H3,(H,16,20). The highest BCUT2D eigenvalue weighted by atomic mass is 32.2. The Hall–Kier alpha value is -1.93. The van der Waals surface area contributed by atoms with E-state index in [1.165, 1.54) is 16.1 Å². The summed E-state index contributed by atoms with van der Waals surface area (Å²) in [6, 6.07) is 8.58. The summed E-state index contributed by atoms with van der Waals surface area (Å²) in [6.07, 6.45) is 1.11. The van der Waals surface area contributed by atoms with E-state index in [0.29, 0.717) is 6.54 Å². The third kappa shape index (κ3) is 4.52. The van der Waals surface area contributed by atoms with Crippen molar-refractivity contribution in [2.24, 2.45) is 0 Å². The molecule has 1 fully saturated rings. The van der Waals surface area contributed by atoms with Gasteiger partial charge >= 0.3 is 0 Å². The molecule has 0 saturated carbocycles. The van der Waals surface area contributed by atoms with Gasteiger partial charge in [-0.15, -0.1) is 0 Å². The van der Waals surface area contributed by atoms with E-state index in [0.717, 1.165) is 11.8 Å². The first kappa shape index (κ1) is 17.4. The van der Waals surface area contributed by atoms with Crippen molar-refractivity contribution in [2.75, 3.05) is 25.9 Å². The molecule has 0 aliphatic carbocycles. The zero-order valence-corrected chi connectivity index (χ0v) is 14.0. The second kappa shape index (κ2) is 7.10. The molecule has 23 heavy (non-hydrogen) atoms. The molecule has 0 bridgehead atoms. The number of hydrogen-bond donors (Lipinski definition) is 1. The van der Waals surface area contributed by atoms with Gasteiger partial charge in [0, 0.05) is 33.1 Å². The van der Waals surface area contributed by atoms with Gasteiger partial charge in [0.15, 0.2) is 0 Å². The molecule has 1 saturated heterocycles. The van der Waals surface area contributed by atoms with Crippen LogP contribution in [0.3, 0.4) is 0 Å². The Morgan fingerprint density at radius 3 is 2.43 bits per heavy atom. The number of nitrogens with one attached hydrogen (secondary N) is 1. The summed E-state index contributed by atoms with van der Waals surface area (Å²) >= 11 is 0. The van der Waals surface area contributed by atoms with Crippen molar-refractivity contribution >= 4 is 21.8 Å². The van der Waals surface area contributed by atoms with Crippen LogP contribution in [0.25, 0.3) is 0 Å². The predicted octanol–water partition coefficient (Wildman–Crippen LogP) is -0.205. The molecule has 0 radical (unpaired) electrons. The quantitative estimate of drug-likeness (QED) is 0.823. The number of nitrogens with zero attached hydrogens (tertiary/aromatic N) is 2. The fourth-order valence-electron chi connectivity index (χ4n) is 2.56. The van der Waals surface area contributed by atoms with Crippen LogP contribution in [0.2, 0.25) is 0 Å². The minimum Gasteiger partial charge on any atom is -0.350 e. The topological polar surface area (TPSA) is 86.8 Å². The zero-order chi connectivity index (χ0) is 17.0. The molecule has 0 aromatic heterocycles. The Labute approximate surface area is 136 Å². The van der Waals surface area contributed by atoms with Gasteiger partial charge in [0.2, 0.25) is 21.8 Å². The zero-order valence-electron chi connectivity index (χ0n) is 13.2. The molecule has 7 nitrogen and oxygen atoms in total. The second-order valence-electron chi connectivity index (χ2n) is 5.55. The Morgan fingerprint density at radius 1 is 1.22 bits per heavy atom. The molecule has 1 heterocycles. The van der Waals surface area contributed by atoms with Crippen molar-refractivity contribution < 1.29 is 18.0 Å². The highest BCUT2D eigenvalue weighted by Crippen LogP contribution is 2.13. The Morgan fingerprint density at radius 2 is 1.87 bits per heavy atom. The van der Waals surface area contributed by atoms with E-state index >= 15 is 0 Å². The van der Waals surface area contributed by atoms with Gasteiger partial charge in [-0.05, 0) is 5.56 Å². The van der Waals surface area contributed by atoms with Crippen molar-refractivity contribution in [3.05, 3.63) is 35.9 Å². The summed E-state index contributed by atoms with van der Waals surface area (Å²) in [5.41, 5.74) is 0.936. The van der Waals surface area contributed by atoms with Crippen molar-refractivity contribution in [3.8, 4) is 0 Å². The van der Waals surface area contributed by atoms with Crippen LogP contribution >= 0.6 is 0 Å². The Bertz CT molecular complexity index is 675. The van der Waals surface area contributed by atoms with Crippen LogP contribution < -0.4 is 5.32 Å². The number of amides is 2. The van der Waals surface area contributed by atoms with Crippen LogP contribution in [0, 0.1) is 0 Å². The van der Waals surface area contributed by atoms with Gasteiger partial charge in [-0.2, -0.15) is 4.31 Å². The first-order chi connectivity index (χ1) is 10.8. The SMILES string of the molecule is CC(=O)N1CCN(S(C)(=O)=O)CC1C(=O)NCc1ccccc1. The fourth-order valence-corrected chi connectivity index (χ4v) is 3.39. The normalized spacial score (nSPS) is 19.4. The van der Waals surface area contributed by atoms with Crippen molar-refractivity contribution in [1.29, 1.82) is 0 Å². The largest absolute Gasteiger partial charge is 0.350 e. The van der Waals surface area contributed by atoms with E-state index in [4.69, 9.17) is 0 Å². The monoisotopic (exact) mass is 339 g/mol. The highest BCUT2D eigenvalue weighted by Gasteiger charge is 2.36. The van der Waals surface area contributed by atoms with E-state index < -0.39 is 16.1 Å². The number of carbonyl (C=O) groups excluding carboxylic acids is 2. The first-order valence-electron chi connectivity index (χ1n) is 7.33. The number of benzene rings is 1. The van der Waals surface area contributed by atoms with E-state index in [-0.39, 0.29) is 31.4 Å². The molecular formula is C15H21N3O4S. The highest BCUT2D eigenvalue weighted by molar-refractivity contribution is 7.88. The predicted molar refractivity (Wildman–Crippen MR) is 85.9 cm³/mol. The molecule has 1 N–H and O–H groups in total. The maximum atomic E-state index is 12.4. The maximum absolute atomic E-state index is 12.4. The molecule has 126 valence electrons. The lowest BCUT2D eigenvalue weighted by Gasteiger charge is -2.38. The van der Waals surface area contributed by atoms with Crippen LogP contribution in [-0.2, 0) is 26.2 Å². The van der Waals surface area contributed by atoms with E-state index in [1.54, 1.807) is 0 Å². The third-order valence-electron chi connectivity index (χ3n) is 3.83. The average molecular weight is 339 g/mol. The molecular weight excluding hydrogens is 318 g/mol. The van der Waals surface area contributed by atoms with Crippen molar-refractivity contribution in [3.63, 3.8) is 0 Å². The molecule has 1 aliphatic heterocycles. The molecule has 2 amide bonds. The number of sulfonamides is 1. The third-order valence-corrected chi connectivity index (χ3v) is 5.10. The van der Waals surface area contributed by atoms with Crippen molar-refractivity contribution in [1.82, 2.24) is 14.5 Å². The van der Waals surface area contributed by atoms with Crippen LogP contribution in [0.1, 0.15) is 12.5 Å². The minimum atomic E-state index is -3.39. The number of rotatable bonds is 4. The molecule has 1 unspecified atom stereocenters. The number of hydrogen-bond acceptors (Lipinski definition) is 4. The molecule has 2 rings (SSSR count). The van der Waals surface area contributed by atoms with E-state index in [2.05, 4.69) is 5.32 Å². The lowest BCUT2D eigenvalue weighted by molar-refractivity contribution is -0.141. The molecule has 0 spiro atoms. The average Bonchev–Trinajstić information content (AvgIpc) is 2.52. The Kier molecular flexibility index (Phi) is 5.38. The molecule has 1 aliphatic rings. The number of piperazine rings is 1. The van der Waals surface area contributed by atoms with E-state index in [9.17, 15) is 18.0 Å². The van der Waals surface area contributed by atoms with Crippen LogP contribution in [0.4, 0.5) is 0 Å². The first-order valence-corrected chi connectivity index (χ1v) is 9.18. The minimum absolute atomic E-state index is 0.0148. The molecule has 8 heteroatoms. The van der Waals surface area contributed by atoms with E-state index in [1.807, 2.05) is 30.3 Å². The lowest BCUT2D eigenvalue weighted by atomic mass is 10.1. The van der Waals surface area contributed by atoms with Gasteiger partial charge in [-0.1, -0.05) is 30.3 Å². The number of carbonyl (C=O) groups is 2. The van der Waals surface area contributed by atoms with Crippen LogP contribution in [-0.4, -0.2) is 61.4 Å². The summed E-state index contributed by atoms with van der Waals surface area (Å²) in [5.74, 6) is -0.588. The molecule has 1 atom stereocenters. The van der Waals surface area contributed by atoms with Gasteiger partial charge in [0.1, 0.15) is 6.04 Å². The smallest absolute Gasteiger partial charge is 0.244 e. The summed E-state index contributed by atoms with van der Waals surface area (Å²) in [6.45, 7) is 2.13. The Balaban J connectivity index is 2.08. The summed E-state index contributed by atoms with van der Waals surface area (Å²) in [7, 11) is -3.39. The van der Waals surface area contributed by atoms with Gasteiger partial charge in [-0.3, -0.25) is 9.59 Å². The second-order valence-corrected chi connectivity index (χ2v) is 7.54. The van der Waals surface area contributed by atoms with Crippen LogP contribution in [0.5, 0.6) is 0 Å². The van der Waals surface area contributed by atoms with Crippen LogP contribution in [0.15, 0.2) is 30.3 Å². The van der Waals surface area contributed by atoms with Gasteiger partial charge < -0.3 is 10.2 Å². The fraction of sp³-hybridized carbons (Fsp3) is 0.467. The van der Waals surface area contributed by atoms with Crippen molar-refractivity contribution in [2.45, 2.75) is 19.5 Å². The maximum Gasteiger partial charge on any atom is 0.244 e. The molecule has 1 aromatic carbocycles. The van der Waals surface area contributed by atoms with Gasteiger partial charge in [-0.25, -0.2) is 8.42 Å². The van der Waals surface area contributed by atoms with Gasteiger partial charge in [0.25, 0.3) is 0 Å². The molecule has 1 aromatic rings. The summed E-state index contributed by atoms with van der Waals surface area (Å²) < 4.78 is 24.6. The van der Waals surface area contributed by atoms with Gasteiger partial charge in [0.05, 0.1) is 6.26 Å². The summed E-state index contributed by atoms with van der Waals surface area (Å²) in [4.78, 5) is 25.6. The lowest BCUT2D eigenvalue weighted by Crippen LogP contribution is -2.60. The summed E-state index contributed by atoms with van der Waals surface area (Å²) in [5, 5.41) is 2.77.